The lowest BCUT2D eigenvalue weighted by atomic mass is 10.1. The maximum absolute atomic E-state index is 12.4. The van der Waals surface area contributed by atoms with Gasteiger partial charge in [-0.05, 0) is 49.2 Å². The fourth-order valence-electron chi connectivity index (χ4n) is 2.88. The third-order valence-corrected chi connectivity index (χ3v) is 4.35. The number of methoxy groups -OCH3 is 1. The zero-order valence-corrected chi connectivity index (χ0v) is 14.9. The predicted octanol–water partition coefficient (Wildman–Crippen LogP) is 3.45. The Kier molecular flexibility index (Phi) is 5.87. The maximum Gasteiger partial charge on any atom is 0.293 e. The van der Waals surface area contributed by atoms with Crippen molar-refractivity contribution in [2.24, 2.45) is 0 Å². The van der Waals surface area contributed by atoms with Gasteiger partial charge in [-0.15, -0.1) is 0 Å². The molecule has 1 saturated heterocycles. The van der Waals surface area contributed by atoms with E-state index in [9.17, 15) is 14.9 Å². The SMILES string of the molecule is COc1ccc(NC(=O)c2ccc(NC[C@H]3CCCO3)c([N+](=O)[O-])c2)cc1. The van der Waals surface area contributed by atoms with E-state index in [0.29, 0.717) is 23.7 Å². The number of hydrogen-bond acceptors (Lipinski definition) is 6. The van der Waals surface area contributed by atoms with Crippen LogP contribution >= 0.6 is 0 Å². The molecule has 2 aromatic rings. The molecule has 142 valence electrons. The third-order valence-electron chi connectivity index (χ3n) is 4.35. The highest BCUT2D eigenvalue weighted by Crippen LogP contribution is 2.27. The lowest BCUT2D eigenvalue weighted by Crippen LogP contribution is -2.19. The first-order valence-corrected chi connectivity index (χ1v) is 8.66. The van der Waals surface area contributed by atoms with Crippen LogP contribution in [0.4, 0.5) is 17.1 Å². The number of amides is 1. The number of ether oxygens (including phenoxy) is 2. The summed E-state index contributed by atoms with van der Waals surface area (Å²) < 4.78 is 10.6. The number of nitro groups is 1. The summed E-state index contributed by atoms with van der Waals surface area (Å²) in [5.41, 5.74) is 1.01. The van der Waals surface area contributed by atoms with E-state index >= 15 is 0 Å². The molecule has 2 N–H and O–H groups in total. The molecule has 0 bridgehead atoms. The number of nitro benzene ring substituents is 1. The molecular formula is C19H21N3O5. The van der Waals surface area contributed by atoms with E-state index in [-0.39, 0.29) is 17.4 Å². The molecule has 1 aliphatic rings. The Hall–Kier alpha value is -3.13. The van der Waals surface area contributed by atoms with E-state index in [0.717, 1.165) is 19.4 Å². The number of rotatable bonds is 7. The van der Waals surface area contributed by atoms with E-state index in [4.69, 9.17) is 9.47 Å². The summed E-state index contributed by atoms with van der Waals surface area (Å²) in [5.74, 6) is 0.249. The van der Waals surface area contributed by atoms with Crippen molar-refractivity contribution in [2.45, 2.75) is 18.9 Å². The number of anilines is 2. The minimum Gasteiger partial charge on any atom is -0.497 e. The summed E-state index contributed by atoms with van der Waals surface area (Å²) in [6.07, 6.45) is 1.99. The van der Waals surface area contributed by atoms with Gasteiger partial charge < -0.3 is 20.1 Å². The van der Waals surface area contributed by atoms with Gasteiger partial charge in [0.15, 0.2) is 0 Å². The molecule has 0 aliphatic carbocycles. The highest BCUT2D eigenvalue weighted by Gasteiger charge is 2.20. The standard InChI is InChI=1S/C19H21N3O5/c1-26-15-7-5-14(6-8-15)21-19(23)13-4-9-17(18(11-13)22(24)25)20-12-16-3-2-10-27-16/h4-9,11,16,20H,2-3,10,12H2,1H3,(H,21,23)/t16-/m1/s1. The summed E-state index contributed by atoms with van der Waals surface area (Å²) in [6, 6.07) is 11.2. The second-order valence-corrected chi connectivity index (χ2v) is 6.19. The van der Waals surface area contributed by atoms with Crippen molar-refractivity contribution in [1.82, 2.24) is 0 Å². The van der Waals surface area contributed by atoms with Crippen molar-refractivity contribution >= 4 is 23.0 Å². The van der Waals surface area contributed by atoms with E-state index in [1.54, 1.807) is 43.5 Å². The lowest BCUT2D eigenvalue weighted by Gasteiger charge is -2.13. The summed E-state index contributed by atoms with van der Waals surface area (Å²) in [7, 11) is 1.56. The monoisotopic (exact) mass is 371 g/mol. The van der Waals surface area contributed by atoms with Gasteiger partial charge in [-0.25, -0.2) is 0 Å². The molecule has 1 aliphatic heterocycles. The van der Waals surface area contributed by atoms with Crippen LogP contribution in [0.1, 0.15) is 23.2 Å². The Balaban J connectivity index is 1.71. The van der Waals surface area contributed by atoms with Crippen LogP contribution in [0.5, 0.6) is 5.75 Å². The van der Waals surface area contributed by atoms with Crippen molar-refractivity contribution < 1.29 is 19.2 Å². The first-order chi connectivity index (χ1) is 13.1. The molecule has 1 fully saturated rings. The Morgan fingerprint density at radius 2 is 2.07 bits per heavy atom. The van der Waals surface area contributed by atoms with Crippen LogP contribution in [-0.4, -0.2) is 37.2 Å². The molecular weight excluding hydrogens is 350 g/mol. The number of nitrogens with zero attached hydrogens (tertiary/aromatic N) is 1. The molecule has 0 spiro atoms. The number of benzene rings is 2. The molecule has 0 aromatic heterocycles. The lowest BCUT2D eigenvalue weighted by molar-refractivity contribution is -0.384. The molecule has 2 aromatic carbocycles. The molecule has 1 atom stereocenters. The smallest absolute Gasteiger partial charge is 0.293 e. The second-order valence-electron chi connectivity index (χ2n) is 6.19. The summed E-state index contributed by atoms with van der Waals surface area (Å²) in [5, 5.41) is 17.2. The summed E-state index contributed by atoms with van der Waals surface area (Å²) in [4.78, 5) is 23.3. The van der Waals surface area contributed by atoms with Crippen molar-refractivity contribution in [3.8, 4) is 5.75 Å². The van der Waals surface area contributed by atoms with E-state index in [1.165, 1.54) is 6.07 Å². The fourth-order valence-corrected chi connectivity index (χ4v) is 2.88. The predicted molar refractivity (Wildman–Crippen MR) is 102 cm³/mol. The topological polar surface area (TPSA) is 103 Å². The van der Waals surface area contributed by atoms with Gasteiger partial charge in [0, 0.05) is 30.5 Å². The minimum absolute atomic E-state index is 0.0580. The van der Waals surface area contributed by atoms with Crippen molar-refractivity contribution in [1.29, 1.82) is 0 Å². The van der Waals surface area contributed by atoms with Crippen LogP contribution < -0.4 is 15.4 Å². The maximum atomic E-state index is 12.4. The molecule has 27 heavy (non-hydrogen) atoms. The average molecular weight is 371 g/mol. The van der Waals surface area contributed by atoms with Gasteiger partial charge in [0.1, 0.15) is 11.4 Å². The van der Waals surface area contributed by atoms with Crippen LogP contribution in [0.15, 0.2) is 42.5 Å². The zero-order valence-electron chi connectivity index (χ0n) is 14.9. The third kappa shape index (κ3) is 4.73. The van der Waals surface area contributed by atoms with Crippen molar-refractivity contribution in [3.63, 3.8) is 0 Å². The summed E-state index contributed by atoms with van der Waals surface area (Å²) in [6.45, 7) is 1.22. The van der Waals surface area contributed by atoms with Gasteiger partial charge in [-0.3, -0.25) is 14.9 Å². The molecule has 0 unspecified atom stereocenters. The van der Waals surface area contributed by atoms with Crippen LogP contribution in [0.2, 0.25) is 0 Å². The van der Waals surface area contributed by atoms with E-state index in [1.807, 2.05) is 0 Å². The molecule has 0 radical (unpaired) electrons. The molecule has 1 amide bonds. The van der Waals surface area contributed by atoms with Crippen molar-refractivity contribution in [3.05, 3.63) is 58.1 Å². The Labute approximate surface area is 156 Å². The number of nitrogens with one attached hydrogen (secondary N) is 2. The van der Waals surface area contributed by atoms with Crippen LogP contribution in [-0.2, 0) is 4.74 Å². The van der Waals surface area contributed by atoms with E-state index < -0.39 is 10.8 Å². The van der Waals surface area contributed by atoms with Gasteiger partial charge in [0.25, 0.3) is 11.6 Å². The van der Waals surface area contributed by atoms with Crippen LogP contribution in [0, 0.1) is 10.1 Å². The van der Waals surface area contributed by atoms with Crippen LogP contribution in [0.3, 0.4) is 0 Å². The van der Waals surface area contributed by atoms with Crippen LogP contribution in [0.25, 0.3) is 0 Å². The molecule has 0 saturated carbocycles. The number of hydrogen-bond donors (Lipinski definition) is 2. The molecule has 8 heteroatoms. The quantitative estimate of drug-likeness (QED) is 0.571. The normalized spacial score (nSPS) is 16.0. The Morgan fingerprint density at radius 3 is 2.70 bits per heavy atom. The summed E-state index contributed by atoms with van der Waals surface area (Å²) >= 11 is 0. The molecule has 1 heterocycles. The molecule has 3 rings (SSSR count). The first-order valence-electron chi connectivity index (χ1n) is 8.66. The van der Waals surface area contributed by atoms with Gasteiger partial charge in [0.2, 0.25) is 0 Å². The van der Waals surface area contributed by atoms with E-state index in [2.05, 4.69) is 10.6 Å². The zero-order chi connectivity index (χ0) is 19.2. The number of carbonyl (C=O) groups excluding carboxylic acids is 1. The largest absolute Gasteiger partial charge is 0.497 e. The fraction of sp³-hybridized carbons (Fsp3) is 0.316. The Morgan fingerprint density at radius 1 is 1.30 bits per heavy atom. The minimum atomic E-state index is -0.498. The number of carbonyl (C=O) groups is 1. The van der Waals surface area contributed by atoms with Gasteiger partial charge >= 0.3 is 0 Å². The highest BCUT2D eigenvalue weighted by molar-refractivity contribution is 6.05. The first kappa shape index (κ1) is 18.7. The second kappa shape index (κ2) is 8.50. The molecule has 8 nitrogen and oxygen atoms in total. The average Bonchev–Trinajstić information content (AvgIpc) is 3.20. The van der Waals surface area contributed by atoms with Gasteiger partial charge in [0.05, 0.1) is 18.1 Å². The Bertz CT molecular complexity index is 817. The van der Waals surface area contributed by atoms with Crippen molar-refractivity contribution in [2.75, 3.05) is 30.9 Å². The van der Waals surface area contributed by atoms with Gasteiger partial charge in [-0.1, -0.05) is 0 Å². The van der Waals surface area contributed by atoms with Gasteiger partial charge in [-0.2, -0.15) is 0 Å². The highest BCUT2D eigenvalue weighted by atomic mass is 16.6.